The molecule has 3 saturated heterocycles. The van der Waals surface area contributed by atoms with Crippen LogP contribution in [-0.2, 0) is 0 Å². The number of hydrogen-bond donors (Lipinski definition) is 1. The fourth-order valence-corrected chi connectivity index (χ4v) is 6.66. The maximum atomic E-state index is 9.13. The number of benzene rings is 1. The van der Waals surface area contributed by atoms with Gasteiger partial charge >= 0.3 is 0 Å². The summed E-state index contributed by atoms with van der Waals surface area (Å²) in [5, 5.41) is 13.4. The van der Waals surface area contributed by atoms with Gasteiger partial charge in [-0.15, -0.1) is 0 Å². The maximum absolute atomic E-state index is 9.13. The predicted octanol–water partition coefficient (Wildman–Crippen LogP) is 3.65. The van der Waals surface area contributed by atoms with Crippen LogP contribution in [0.25, 0.3) is 10.9 Å². The zero-order chi connectivity index (χ0) is 23.6. The van der Waals surface area contributed by atoms with Crippen molar-refractivity contribution in [1.82, 2.24) is 19.9 Å². The molecule has 35 heavy (non-hydrogen) atoms. The summed E-state index contributed by atoms with van der Waals surface area (Å²) in [6.07, 6.45) is 5.89. The molecule has 8 heteroatoms. The number of para-hydroxylation sites is 1. The number of rotatable bonds is 5. The van der Waals surface area contributed by atoms with Crippen molar-refractivity contribution in [2.45, 2.75) is 19.8 Å². The minimum Gasteiger partial charge on any atom is -0.369 e. The lowest BCUT2D eigenvalue weighted by Crippen LogP contribution is -2.72. The van der Waals surface area contributed by atoms with E-state index in [2.05, 4.69) is 67.2 Å². The van der Waals surface area contributed by atoms with Gasteiger partial charge in [-0.25, -0.2) is 15.0 Å². The zero-order valence-electron chi connectivity index (χ0n) is 20.1. The Morgan fingerprint density at radius 1 is 0.971 bits per heavy atom. The number of nitriles is 1. The molecule has 0 atom stereocenters. The molecule has 7 rings (SSSR count). The smallest absolute Gasteiger partial charge is 0.228 e. The molecule has 5 heterocycles. The van der Waals surface area contributed by atoms with Crippen LogP contribution in [0.3, 0.4) is 0 Å². The second-order valence-electron chi connectivity index (χ2n) is 11.2. The summed E-state index contributed by atoms with van der Waals surface area (Å²) in [7, 11) is 0. The van der Waals surface area contributed by atoms with Crippen molar-refractivity contribution in [2.75, 3.05) is 60.9 Å². The van der Waals surface area contributed by atoms with Crippen molar-refractivity contribution in [3.63, 3.8) is 0 Å². The number of likely N-dealkylation sites (tertiary alicyclic amines) is 1. The van der Waals surface area contributed by atoms with Crippen molar-refractivity contribution < 1.29 is 0 Å². The van der Waals surface area contributed by atoms with Gasteiger partial charge in [0.05, 0.1) is 29.2 Å². The number of aromatic nitrogens is 3. The molecule has 1 saturated carbocycles. The first-order valence-corrected chi connectivity index (χ1v) is 12.7. The Labute approximate surface area is 205 Å². The average molecular weight is 467 g/mol. The Bertz CT molecular complexity index is 1300. The highest BCUT2D eigenvalue weighted by Gasteiger charge is 2.53. The van der Waals surface area contributed by atoms with Crippen LogP contribution < -0.4 is 15.1 Å². The van der Waals surface area contributed by atoms with Gasteiger partial charge in [0, 0.05) is 67.6 Å². The van der Waals surface area contributed by atoms with Gasteiger partial charge in [0.2, 0.25) is 5.95 Å². The van der Waals surface area contributed by atoms with Gasteiger partial charge in [0.1, 0.15) is 5.82 Å². The van der Waals surface area contributed by atoms with Crippen LogP contribution in [0, 0.1) is 28.1 Å². The van der Waals surface area contributed by atoms with Crippen LogP contribution in [0.4, 0.5) is 23.1 Å². The van der Waals surface area contributed by atoms with Gasteiger partial charge < -0.3 is 20.0 Å². The topological polar surface area (TPSA) is 84.2 Å². The average Bonchev–Trinajstić information content (AvgIpc) is 2.77. The van der Waals surface area contributed by atoms with Gasteiger partial charge in [-0.05, 0) is 37.6 Å². The predicted molar refractivity (Wildman–Crippen MR) is 137 cm³/mol. The molecule has 4 aliphatic rings. The molecule has 1 aliphatic carbocycles. The van der Waals surface area contributed by atoms with Crippen molar-refractivity contribution in [1.29, 1.82) is 5.26 Å². The van der Waals surface area contributed by atoms with Crippen LogP contribution in [0.2, 0.25) is 0 Å². The van der Waals surface area contributed by atoms with Crippen LogP contribution in [0.5, 0.6) is 0 Å². The Morgan fingerprint density at radius 2 is 1.77 bits per heavy atom. The van der Waals surface area contributed by atoms with Gasteiger partial charge in [-0.1, -0.05) is 19.1 Å². The van der Waals surface area contributed by atoms with Crippen LogP contribution in [-0.4, -0.2) is 65.7 Å². The normalized spacial score (nSPS) is 22.3. The summed E-state index contributed by atoms with van der Waals surface area (Å²) in [6.45, 7) is 10.1. The molecule has 1 N–H and O–H groups in total. The first-order valence-electron chi connectivity index (χ1n) is 12.7. The number of anilines is 4. The number of nitrogens with zero attached hydrogens (tertiary/aromatic N) is 7. The lowest BCUT2D eigenvalue weighted by atomic mass is 9.58. The van der Waals surface area contributed by atoms with E-state index < -0.39 is 0 Å². The molecule has 1 aromatic carbocycles. The van der Waals surface area contributed by atoms with Crippen molar-refractivity contribution >= 4 is 34.0 Å². The lowest BCUT2D eigenvalue weighted by Gasteiger charge is -2.61. The third-order valence-electron chi connectivity index (χ3n) is 8.49. The van der Waals surface area contributed by atoms with E-state index in [4.69, 9.17) is 10.2 Å². The summed E-state index contributed by atoms with van der Waals surface area (Å²) >= 11 is 0. The largest absolute Gasteiger partial charge is 0.369 e. The molecule has 2 aromatic heterocycles. The second kappa shape index (κ2) is 7.53. The van der Waals surface area contributed by atoms with Crippen molar-refractivity contribution in [2.24, 2.45) is 16.7 Å². The fraction of sp³-hybridized carbons (Fsp3) is 0.481. The molecule has 3 aliphatic heterocycles. The highest BCUT2D eigenvalue weighted by atomic mass is 15.3. The van der Waals surface area contributed by atoms with Crippen LogP contribution >= 0.6 is 0 Å². The molecule has 0 radical (unpaired) electrons. The highest BCUT2D eigenvalue weighted by Crippen LogP contribution is 2.53. The molecule has 0 bridgehead atoms. The Hall–Kier alpha value is -3.44. The molecule has 0 unspecified atom stereocenters. The Morgan fingerprint density at radius 3 is 2.49 bits per heavy atom. The monoisotopic (exact) mass is 466 g/mol. The molecule has 178 valence electrons. The number of pyridine rings is 1. The summed E-state index contributed by atoms with van der Waals surface area (Å²) in [6, 6.07) is 12.8. The minimum absolute atomic E-state index is 0.244. The minimum atomic E-state index is 0.244. The van der Waals surface area contributed by atoms with Crippen LogP contribution in [0.1, 0.15) is 19.8 Å². The van der Waals surface area contributed by atoms with E-state index in [-0.39, 0.29) is 5.92 Å². The summed E-state index contributed by atoms with van der Waals surface area (Å²) in [4.78, 5) is 21.3. The quantitative estimate of drug-likeness (QED) is 0.610. The standard InChI is InChI=1S/C27H30N8/c1-2-33-13-27(14-33)17-34(18-27)21-6-7-23(29-12-21)31-25-30-11-20-4-3-5-22(24(20)32-25)35-15-26(16-35)8-19(9-26)10-28/h3-7,11-12,19H,2,8-9,13-18H2,1H3,(H,29,30,31,32). The summed E-state index contributed by atoms with van der Waals surface area (Å²) < 4.78 is 0. The van der Waals surface area contributed by atoms with E-state index in [1.165, 1.54) is 18.8 Å². The lowest BCUT2D eigenvalue weighted by molar-refractivity contribution is -0.0178. The van der Waals surface area contributed by atoms with E-state index in [9.17, 15) is 0 Å². The maximum Gasteiger partial charge on any atom is 0.228 e. The van der Waals surface area contributed by atoms with E-state index >= 15 is 0 Å². The molecule has 0 amide bonds. The molecule has 8 nitrogen and oxygen atoms in total. The third-order valence-corrected chi connectivity index (χ3v) is 8.49. The second-order valence-corrected chi connectivity index (χ2v) is 11.2. The van der Waals surface area contributed by atoms with Gasteiger partial charge in [0.15, 0.2) is 0 Å². The van der Waals surface area contributed by atoms with Crippen molar-refractivity contribution in [3.8, 4) is 6.07 Å². The Kier molecular flexibility index (Phi) is 4.49. The molecule has 2 spiro atoms. The van der Waals surface area contributed by atoms with Crippen LogP contribution in [0.15, 0.2) is 42.7 Å². The Balaban J connectivity index is 1.03. The third kappa shape index (κ3) is 3.41. The van der Waals surface area contributed by atoms with Crippen molar-refractivity contribution in [3.05, 3.63) is 42.7 Å². The molecule has 4 fully saturated rings. The molecular weight excluding hydrogens is 436 g/mol. The number of nitrogens with one attached hydrogen (secondary N) is 1. The molecular formula is C27H30N8. The molecule has 3 aromatic rings. The van der Waals surface area contributed by atoms with Gasteiger partial charge in [-0.2, -0.15) is 5.26 Å². The number of fused-ring (bicyclic) bond motifs is 1. The zero-order valence-corrected chi connectivity index (χ0v) is 20.1. The van der Waals surface area contributed by atoms with E-state index in [0.717, 1.165) is 68.0 Å². The first kappa shape index (κ1) is 20.9. The summed E-state index contributed by atoms with van der Waals surface area (Å²) in [5.41, 5.74) is 4.13. The van der Waals surface area contributed by atoms with Gasteiger partial charge in [-0.3, -0.25) is 0 Å². The van der Waals surface area contributed by atoms with E-state index in [0.29, 0.717) is 16.8 Å². The van der Waals surface area contributed by atoms with Gasteiger partial charge in [0.25, 0.3) is 0 Å². The highest BCUT2D eigenvalue weighted by molar-refractivity contribution is 5.91. The fourth-order valence-electron chi connectivity index (χ4n) is 6.66. The summed E-state index contributed by atoms with van der Waals surface area (Å²) in [5.74, 6) is 1.56. The number of hydrogen-bond acceptors (Lipinski definition) is 8. The van der Waals surface area contributed by atoms with E-state index in [1.54, 1.807) is 0 Å². The van der Waals surface area contributed by atoms with E-state index in [1.807, 2.05) is 18.5 Å². The SMILES string of the molecule is CCN1CC2(C1)CN(c1ccc(Nc3ncc4cccc(N5CC6(CC(C#N)C6)C5)c4n3)nc1)C2. The first-order chi connectivity index (χ1) is 17.1.